The minimum atomic E-state index is -0.686. The van der Waals surface area contributed by atoms with Crippen molar-refractivity contribution in [2.24, 2.45) is 16.5 Å². The minimum Gasteiger partial charge on any atom is -0.386 e. The molecule has 0 bridgehead atoms. The van der Waals surface area contributed by atoms with E-state index in [0.717, 1.165) is 0 Å². The van der Waals surface area contributed by atoms with Crippen molar-refractivity contribution >= 4 is 5.84 Å². The number of nitrogens with zero attached hydrogens (tertiary/aromatic N) is 4. The third-order valence-electron chi connectivity index (χ3n) is 1.98. The number of rotatable bonds is 10. The first-order valence-electron chi connectivity index (χ1n) is 5.60. The molecule has 2 atom stereocenters. The summed E-state index contributed by atoms with van der Waals surface area (Å²) in [6.07, 6.45) is 4.21. The van der Waals surface area contributed by atoms with Crippen molar-refractivity contribution in [1.29, 1.82) is 15.8 Å². The van der Waals surface area contributed by atoms with E-state index in [-0.39, 0.29) is 12.5 Å². The monoisotopic (exact) mass is 279 g/mol. The number of amidine groups is 1. The highest BCUT2D eigenvalue weighted by atomic mass is 15.3. The van der Waals surface area contributed by atoms with Gasteiger partial charge in [-0.05, 0) is 0 Å². The molecule has 0 amide bonds. The summed E-state index contributed by atoms with van der Waals surface area (Å²) in [4.78, 5) is 3.36. The van der Waals surface area contributed by atoms with Crippen LogP contribution in [0, 0.1) is 34.4 Å². The molecule has 0 fully saturated rings. The van der Waals surface area contributed by atoms with Crippen molar-refractivity contribution in [3.05, 3.63) is 0 Å². The van der Waals surface area contributed by atoms with Crippen LogP contribution in [-0.2, 0) is 0 Å². The number of aliphatic imine (C=N–C) groups is 1. The van der Waals surface area contributed by atoms with Crippen LogP contribution in [0.4, 0.5) is 0 Å². The maximum Gasteiger partial charge on any atom is 0.207 e. The van der Waals surface area contributed by atoms with Gasteiger partial charge in [0.1, 0.15) is 18.4 Å². The van der Waals surface area contributed by atoms with E-state index in [1.807, 2.05) is 0 Å². The highest BCUT2D eigenvalue weighted by Gasteiger charge is 2.06. The molecule has 0 saturated heterocycles. The van der Waals surface area contributed by atoms with Crippen LogP contribution in [0.2, 0.25) is 0 Å². The molecule has 0 spiro atoms. The summed E-state index contributed by atoms with van der Waals surface area (Å²) in [5.74, 6) is 0.203. The lowest BCUT2D eigenvalue weighted by molar-refractivity contribution is 0.360. The van der Waals surface area contributed by atoms with Gasteiger partial charge in [0, 0.05) is 13.0 Å². The second-order valence-electron chi connectivity index (χ2n) is 3.42. The lowest BCUT2D eigenvalue weighted by atomic mass is 10.4. The number of hydrogen-bond acceptors (Lipinski definition) is 10. The zero-order valence-corrected chi connectivity index (χ0v) is 10.7. The molecule has 0 saturated carbocycles. The Balaban J connectivity index is 3.94. The van der Waals surface area contributed by atoms with Crippen LogP contribution in [0.3, 0.4) is 0 Å². The first kappa shape index (κ1) is 17.4. The van der Waals surface area contributed by atoms with Gasteiger partial charge in [-0.2, -0.15) is 20.8 Å². The van der Waals surface area contributed by atoms with E-state index >= 15 is 0 Å². The van der Waals surface area contributed by atoms with Crippen molar-refractivity contribution < 1.29 is 0 Å². The topological polar surface area (TPSA) is 196 Å². The molecule has 20 heavy (non-hydrogen) atoms. The van der Waals surface area contributed by atoms with Crippen molar-refractivity contribution in [2.75, 3.05) is 13.2 Å². The van der Waals surface area contributed by atoms with E-state index in [0.29, 0.717) is 13.0 Å². The number of nitrogens with one attached hydrogen (secondary N) is 5. The van der Waals surface area contributed by atoms with E-state index in [9.17, 15) is 0 Å². The average molecular weight is 279 g/mol. The summed E-state index contributed by atoms with van der Waals surface area (Å²) < 4.78 is 0. The van der Waals surface area contributed by atoms with E-state index in [1.54, 1.807) is 18.6 Å². The first-order chi connectivity index (χ1) is 9.63. The van der Waals surface area contributed by atoms with Gasteiger partial charge in [0.2, 0.25) is 6.19 Å². The fraction of sp³-hybridized carbons (Fsp3) is 0.556. The van der Waals surface area contributed by atoms with Gasteiger partial charge >= 0.3 is 0 Å². The molecule has 0 heterocycles. The number of nitriles is 3. The molecule has 9 N–H and O–H groups in total. The van der Waals surface area contributed by atoms with E-state index in [4.69, 9.17) is 27.3 Å². The SMILES string of the molecule is N#CN=C(N)CCNC(NC#N)NCNC(N)NC#N. The fourth-order valence-electron chi connectivity index (χ4n) is 1.09. The Morgan fingerprint density at radius 3 is 2.40 bits per heavy atom. The lowest BCUT2D eigenvalue weighted by Crippen LogP contribution is -2.57. The molecule has 0 rings (SSSR count). The van der Waals surface area contributed by atoms with Crippen molar-refractivity contribution in [1.82, 2.24) is 26.6 Å². The fourth-order valence-corrected chi connectivity index (χ4v) is 1.09. The molecule has 0 aromatic carbocycles. The molecular formula is C9H17N11. The van der Waals surface area contributed by atoms with Crippen LogP contribution in [0.1, 0.15) is 6.42 Å². The molecule has 11 heteroatoms. The summed E-state index contributed by atoms with van der Waals surface area (Å²) in [7, 11) is 0. The Labute approximate surface area is 116 Å². The molecule has 0 aliphatic heterocycles. The maximum absolute atomic E-state index is 8.59. The van der Waals surface area contributed by atoms with Crippen LogP contribution in [-0.4, -0.2) is 31.6 Å². The predicted octanol–water partition coefficient (Wildman–Crippen LogP) is -3.39. The second kappa shape index (κ2) is 11.5. The van der Waals surface area contributed by atoms with Crippen LogP contribution in [0.5, 0.6) is 0 Å². The molecule has 0 aliphatic rings. The van der Waals surface area contributed by atoms with Gasteiger partial charge in [-0.25, -0.2) is 0 Å². The van der Waals surface area contributed by atoms with Gasteiger partial charge in [-0.15, -0.1) is 0 Å². The zero-order chi connectivity index (χ0) is 15.2. The highest BCUT2D eigenvalue weighted by Crippen LogP contribution is 1.79. The summed E-state index contributed by atoms with van der Waals surface area (Å²) in [6, 6.07) is 0. The van der Waals surface area contributed by atoms with Gasteiger partial charge in [-0.3, -0.25) is 32.3 Å². The Hall–Kier alpha value is -2.62. The normalized spacial score (nSPS) is 13.4. The highest BCUT2D eigenvalue weighted by molar-refractivity contribution is 5.81. The van der Waals surface area contributed by atoms with Gasteiger partial charge in [0.15, 0.2) is 12.4 Å². The smallest absolute Gasteiger partial charge is 0.207 e. The van der Waals surface area contributed by atoms with Crippen LogP contribution in [0.25, 0.3) is 0 Å². The second-order valence-corrected chi connectivity index (χ2v) is 3.42. The van der Waals surface area contributed by atoms with E-state index in [1.165, 1.54) is 0 Å². The van der Waals surface area contributed by atoms with Gasteiger partial charge < -0.3 is 5.73 Å². The Morgan fingerprint density at radius 1 is 1.10 bits per heavy atom. The van der Waals surface area contributed by atoms with Crippen molar-refractivity contribution in [2.45, 2.75) is 19.0 Å². The maximum atomic E-state index is 8.59. The average Bonchev–Trinajstić information content (AvgIpc) is 2.39. The van der Waals surface area contributed by atoms with Crippen LogP contribution in [0.15, 0.2) is 4.99 Å². The molecule has 108 valence electrons. The third-order valence-corrected chi connectivity index (χ3v) is 1.98. The molecule has 2 unspecified atom stereocenters. The van der Waals surface area contributed by atoms with Gasteiger partial charge in [-0.1, -0.05) is 0 Å². The molecule has 0 aliphatic carbocycles. The predicted molar refractivity (Wildman–Crippen MR) is 70.3 cm³/mol. The van der Waals surface area contributed by atoms with Crippen molar-refractivity contribution in [3.8, 4) is 18.6 Å². The lowest BCUT2D eigenvalue weighted by Gasteiger charge is -2.20. The zero-order valence-electron chi connectivity index (χ0n) is 10.7. The number of nitrogens with two attached hydrogens (primary N) is 2. The van der Waals surface area contributed by atoms with Gasteiger partial charge in [0.25, 0.3) is 0 Å². The summed E-state index contributed by atoms with van der Waals surface area (Å²) in [5, 5.41) is 38.5. The third kappa shape index (κ3) is 9.41. The summed E-state index contributed by atoms with van der Waals surface area (Å²) >= 11 is 0. The standard InChI is InChI=1S/C9H17N11/c10-3-16-7(13)1-2-15-9(18-5-12)20-6-19-8(14)17-4-11/h8-9,15,17-20H,1-2,6,14H2,(H2,13,16). The minimum absolute atomic E-state index is 0.203. The molecule has 0 radical (unpaired) electrons. The van der Waals surface area contributed by atoms with Crippen LogP contribution >= 0.6 is 0 Å². The Kier molecular flexibility index (Phi) is 9.97. The largest absolute Gasteiger partial charge is 0.386 e. The molecule has 0 aromatic rings. The summed E-state index contributed by atoms with van der Waals surface area (Å²) in [5.41, 5.74) is 10.9. The molecule has 0 aromatic heterocycles. The Morgan fingerprint density at radius 2 is 1.80 bits per heavy atom. The quantitative estimate of drug-likeness (QED) is 0.0695. The number of hydrogen-bond donors (Lipinski definition) is 7. The van der Waals surface area contributed by atoms with Crippen LogP contribution < -0.4 is 38.1 Å². The summed E-state index contributed by atoms with van der Waals surface area (Å²) in [6.45, 7) is 0.649. The van der Waals surface area contributed by atoms with Crippen molar-refractivity contribution in [3.63, 3.8) is 0 Å². The van der Waals surface area contributed by atoms with E-state index in [2.05, 4.69) is 31.6 Å². The van der Waals surface area contributed by atoms with Gasteiger partial charge in [0.05, 0.1) is 6.67 Å². The molecule has 11 nitrogen and oxygen atoms in total. The Bertz CT molecular complexity index is 411. The molecular weight excluding hydrogens is 262 g/mol. The van der Waals surface area contributed by atoms with E-state index < -0.39 is 12.6 Å². The first-order valence-corrected chi connectivity index (χ1v) is 5.60.